The van der Waals surface area contributed by atoms with E-state index in [9.17, 15) is 14.3 Å². The zero-order valence-corrected chi connectivity index (χ0v) is 41.2. The van der Waals surface area contributed by atoms with Gasteiger partial charge in [-0.3, -0.25) is 9.36 Å². The summed E-state index contributed by atoms with van der Waals surface area (Å²) >= 11 is 0. The van der Waals surface area contributed by atoms with Crippen molar-refractivity contribution in [2.75, 3.05) is 54.1 Å². The van der Waals surface area contributed by atoms with Gasteiger partial charge in [-0.05, 0) is 77.0 Å². The van der Waals surface area contributed by atoms with Crippen LogP contribution in [0.4, 0.5) is 0 Å². The lowest BCUT2D eigenvalue weighted by molar-refractivity contribution is -0.870. The van der Waals surface area contributed by atoms with Crippen LogP contribution < -0.4 is 4.89 Å². The summed E-state index contributed by atoms with van der Waals surface area (Å²) in [7, 11) is 1.34. The number of allylic oxidation sites excluding steroid dienone is 10. The fourth-order valence-corrected chi connectivity index (χ4v) is 7.44. The molecule has 0 saturated carbocycles. The van der Waals surface area contributed by atoms with Crippen LogP contribution in [0.2, 0.25) is 0 Å². The lowest BCUT2D eigenvalue weighted by atomic mass is 10.0. The normalized spacial score (nSPS) is 14.1. The van der Waals surface area contributed by atoms with Crippen molar-refractivity contribution in [1.82, 2.24) is 0 Å². The molecule has 0 saturated heterocycles. The Morgan fingerprint density at radius 2 is 0.951 bits per heavy atom. The molecule has 2 atom stereocenters. The third kappa shape index (κ3) is 49.1. The summed E-state index contributed by atoms with van der Waals surface area (Å²) in [4.78, 5) is 25.2. The highest BCUT2D eigenvalue weighted by Crippen LogP contribution is 2.38. The molecule has 61 heavy (non-hydrogen) atoms. The smallest absolute Gasteiger partial charge is 0.306 e. The van der Waals surface area contributed by atoms with E-state index in [2.05, 4.69) is 74.6 Å². The van der Waals surface area contributed by atoms with Crippen LogP contribution in [0.25, 0.3) is 0 Å². The van der Waals surface area contributed by atoms with E-state index in [4.69, 9.17) is 18.5 Å². The van der Waals surface area contributed by atoms with E-state index >= 15 is 0 Å². The Morgan fingerprint density at radius 1 is 0.525 bits per heavy atom. The first-order chi connectivity index (χ1) is 29.6. The molecule has 0 fully saturated rings. The molecule has 0 aliphatic heterocycles. The SMILES string of the molecule is CC/C=C\C/C=C\C/C=C\CCCCCCCCOCC(COP(=O)([O-])OCC[N+](C)(C)C)OC(=O)CCCCCCCCCCCCC/C=C\C/C=C\CCCCCCC. The van der Waals surface area contributed by atoms with Gasteiger partial charge in [0.1, 0.15) is 19.3 Å². The topological polar surface area (TPSA) is 94.1 Å². The Balaban J connectivity index is 4.16. The van der Waals surface area contributed by atoms with Crippen LogP contribution in [0.15, 0.2) is 60.8 Å². The second-order valence-electron chi connectivity index (χ2n) is 17.8. The average molecular weight is 878 g/mol. The van der Waals surface area contributed by atoms with E-state index in [0.717, 1.165) is 70.6 Å². The molecule has 356 valence electrons. The Morgan fingerprint density at radius 3 is 1.43 bits per heavy atom. The second kappa shape index (κ2) is 44.8. The molecule has 0 aromatic rings. The summed E-state index contributed by atoms with van der Waals surface area (Å²) in [6, 6.07) is 0. The molecular formula is C52H96NO7P. The highest BCUT2D eigenvalue weighted by atomic mass is 31.2. The molecule has 0 aromatic carbocycles. The number of likely N-dealkylation sites (N-methyl/N-ethyl adjacent to an activating group) is 1. The van der Waals surface area contributed by atoms with Crippen LogP contribution in [-0.2, 0) is 27.9 Å². The van der Waals surface area contributed by atoms with Gasteiger partial charge in [0, 0.05) is 13.0 Å². The van der Waals surface area contributed by atoms with Gasteiger partial charge in [-0.15, -0.1) is 0 Å². The summed E-state index contributed by atoms with van der Waals surface area (Å²) in [6.07, 6.45) is 56.7. The number of carbonyl (C=O) groups is 1. The monoisotopic (exact) mass is 878 g/mol. The zero-order valence-electron chi connectivity index (χ0n) is 40.4. The van der Waals surface area contributed by atoms with Crippen molar-refractivity contribution in [3.05, 3.63) is 60.8 Å². The standard InChI is InChI=1S/C52H96NO7P/c1-6-8-10-12-14-16-18-20-22-24-25-26-27-28-29-30-31-33-35-37-39-41-43-45-52(54)60-51(50-59-61(55,56)58-48-46-53(3,4)5)49-57-47-44-42-40-38-36-34-32-23-21-19-17-15-13-11-9-7-2/h9,11,15,17-18,20-21,23-25,51H,6-8,10,12-14,16,19,22,26-50H2,1-5H3/b11-9-,17-15-,20-18-,23-21-,25-24-. The van der Waals surface area contributed by atoms with E-state index in [1.165, 1.54) is 116 Å². The number of rotatable bonds is 46. The number of phosphoric acid groups is 1. The van der Waals surface area contributed by atoms with Crippen molar-refractivity contribution in [3.8, 4) is 0 Å². The number of carbonyl (C=O) groups excluding carboxylic acids is 1. The van der Waals surface area contributed by atoms with Crippen molar-refractivity contribution in [2.24, 2.45) is 0 Å². The van der Waals surface area contributed by atoms with E-state index in [0.29, 0.717) is 24.1 Å². The van der Waals surface area contributed by atoms with Gasteiger partial charge in [0.15, 0.2) is 0 Å². The highest BCUT2D eigenvalue weighted by molar-refractivity contribution is 7.45. The van der Waals surface area contributed by atoms with Crippen molar-refractivity contribution in [2.45, 2.75) is 213 Å². The lowest BCUT2D eigenvalue weighted by Crippen LogP contribution is -2.37. The number of esters is 1. The minimum absolute atomic E-state index is 0.0208. The van der Waals surface area contributed by atoms with Crippen molar-refractivity contribution >= 4 is 13.8 Å². The molecule has 0 amide bonds. The minimum atomic E-state index is -4.54. The average Bonchev–Trinajstić information content (AvgIpc) is 3.22. The van der Waals surface area contributed by atoms with Gasteiger partial charge in [0.05, 0.1) is 34.4 Å². The predicted molar refractivity (Wildman–Crippen MR) is 259 cm³/mol. The molecule has 2 unspecified atom stereocenters. The van der Waals surface area contributed by atoms with Crippen LogP contribution in [0.1, 0.15) is 206 Å². The number of phosphoric ester groups is 1. The van der Waals surface area contributed by atoms with Gasteiger partial charge in [0.25, 0.3) is 7.82 Å². The van der Waals surface area contributed by atoms with Gasteiger partial charge < -0.3 is 27.9 Å². The Labute approximate surface area is 377 Å². The predicted octanol–water partition coefficient (Wildman–Crippen LogP) is 14.6. The molecule has 0 heterocycles. The quantitative estimate of drug-likeness (QED) is 0.0198. The first-order valence-electron chi connectivity index (χ1n) is 25.0. The molecular weight excluding hydrogens is 782 g/mol. The Hall–Kier alpha value is -1.80. The van der Waals surface area contributed by atoms with Crippen LogP contribution in [0.3, 0.4) is 0 Å². The first kappa shape index (κ1) is 59.2. The number of hydrogen-bond donors (Lipinski definition) is 0. The molecule has 0 spiro atoms. The summed E-state index contributed by atoms with van der Waals surface area (Å²) in [6.45, 7) is 5.27. The van der Waals surface area contributed by atoms with Gasteiger partial charge in [-0.25, -0.2) is 0 Å². The second-order valence-corrected chi connectivity index (χ2v) is 19.2. The number of unbranched alkanes of at least 4 members (excludes halogenated alkanes) is 22. The van der Waals surface area contributed by atoms with E-state index in [1.54, 1.807) is 0 Å². The summed E-state index contributed by atoms with van der Waals surface area (Å²) in [5.74, 6) is -0.342. The minimum Gasteiger partial charge on any atom is -0.756 e. The number of quaternary nitrogens is 1. The van der Waals surface area contributed by atoms with Crippen LogP contribution in [0, 0.1) is 0 Å². The molecule has 0 rings (SSSR count). The van der Waals surface area contributed by atoms with Gasteiger partial charge in [0.2, 0.25) is 0 Å². The highest BCUT2D eigenvalue weighted by Gasteiger charge is 2.20. The number of hydrogen-bond acceptors (Lipinski definition) is 7. The van der Waals surface area contributed by atoms with Gasteiger partial charge in [-0.2, -0.15) is 0 Å². The molecule has 9 heteroatoms. The molecule has 0 bridgehead atoms. The van der Waals surface area contributed by atoms with Crippen LogP contribution in [0.5, 0.6) is 0 Å². The molecule has 0 N–H and O–H groups in total. The molecule has 0 radical (unpaired) electrons. The first-order valence-corrected chi connectivity index (χ1v) is 26.5. The lowest BCUT2D eigenvalue weighted by Gasteiger charge is -2.28. The maximum atomic E-state index is 12.7. The zero-order chi connectivity index (χ0) is 44.8. The van der Waals surface area contributed by atoms with Gasteiger partial charge in [-0.1, -0.05) is 184 Å². The largest absolute Gasteiger partial charge is 0.756 e. The van der Waals surface area contributed by atoms with Gasteiger partial charge >= 0.3 is 5.97 Å². The van der Waals surface area contributed by atoms with E-state index in [-0.39, 0.29) is 25.8 Å². The van der Waals surface area contributed by atoms with E-state index in [1.807, 2.05) is 21.1 Å². The van der Waals surface area contributed by atoms with E-state index < -0.39 is 13.9 Å². The third-order valence-electron chi connectivity index (χ3n) is 10.6. The van der Waals surface area contributed by atoms with Crippen LogP contribution >= 0.6 is 7.82 Å². The maximum absolute atomic E-state index is 12.7. The Bertz CT molecular complexity index is 1160. The third-order valence-corrected chi connectivity index (χ3v) is 11.5. The maximum Gasteiger partial charge on any atom is 0.306 e. The van der Waals surface area contributed by atoms with Crippen molar-refractivity contribution < 1.29 is 37.3 Å². The number of ether oxygens (including phenoxy) is 2. The molecule has 8 nitrogen and oxygen atoms in total. The summed E-state index contributed by atoms with van der Waals surface area (Å²) < 4.78 is 34.7. The molecule has 0 aliphatic rings. The Kier molecular flexibility index (Phi) is 43.5. The summed E-state index contributed by atoms with van der Waals surface area (Å²) in [5, 5.41) is 0. The van der Waals surface area contributed by atoms with Crippen molar-refractivity contribution in [3.63, 3.8) is 0 Å². The molecule has 0 aliphatic carbocycles. The molecule has 0 aromatic heterocycles. The summed E-state index contributed by atoms with van der Waals surface area (Å²) in [5.41, 5.74) is 0. The fraction of sp³-hybridized carbons (Fsp3) is 0.788. The van der Waals surface area contributed by atoms with Crippen LogP contribution in [-0.4, -0.2) is 70.7 Å². The fourth-order valence-electron chi connectivity index (χ4n) is 6.71. The number of nitrogens with zero attached hydrogens (tertiary/aromatic N) is 1. The van der Waals surface area contributed by atoms with Crippen molar-refractivity contribution in [1.29, 1.82) is 0 Å².